The normalized spacial score (nSPS) is 14.1. The van der Waals surface area contributed by atoms with Crippen molar-refractivity contribution in [2.24, 2.45) is 5.92 Å². The van der Waals surface area contributed by atoms with Crippen molar-refractivity contribution in [2.75, 3.05) is 30.3 Å². The molecule has 0 radical (unpaired) electrons. The SMILES string of the molecule is Cc1ccc(NC(=O)COC(=O)C2CCN(C(=O)Nc3ccccc3)CC2)c(Cl)c1. The fraction of sp³-hybridized carbons (Fsp3) is 0.318. The molecule has 0 bridgehead atoms. The van der Waals surface area contributed by atoms with Gasteiger partial charge in [-0.15, -0.1) is 0 Å². The number of urea groups is 1. The molecule has 1 aliphatic heterocycles. The lowest BCUT2D eigenvalue weighted by Gasteiger charge is -2.30. The summed E-state index contributed by atoms with van der Waals surface area (Å²) >= 11 is 6.09. The monoisotopic (exact) mass is 429 g/mol. The zero-order chi connectivity index (χ0) is 21.5. The fourth-order valence-corrected chi connectivity index (χ4v) is 3.49. The molecule has 0 spiro atoms. The third-order valence-corrected chi connectivity index (χ3v) is 5.20. The van der Waals surface area contributed by atoms with Gasteiger partial charge in [0.25, 0.3) is 5.91 Å². The predicted molar refractivity (Wildman–Crippen MR) is 116 cm³/mol. The topological polar surface area (TPSA) is 87.7 Å². The summed E-state index contributed by atoms with van der Waals surface area (Å²) in [6.45, 7) is 2.42. The number of hydrogen-bond acceptors (Lipinski definition) is 4. The van der Waals surface area contributed by atoms with Crippen molar-refractivity contribution in [2.45, 2.75) is 19.8 Å². The van der Waals surface area contributed by atoms with Crippen LogP contribution in [0.4, 0.5) is 16.2 Å². The van der Waals surface area contributed by atoms with Crippen molar-refractivity contribution in [1.82, 2.24) is 4.90 Å². The lowest BCUT2D eigenvalue weighted by molar-refractivity contribution is -0.152. The number of likely N-dealkylation sites (tertiary alicyclic amines) is 1. The Kier molecular flexibility index (Phi) is 7.30. The Morgan fingerprint density at radius 3 is 2.43 bits per heavy atom. The first-order valence-corrected chi connectivity index (χ1v) is 10.1. The van der Waals surface area contributed by atoms with Crippen molar-refractivity contribution in [3.63, 3.8) is 0 Å². The van der Waals surface area contributed by atoms with Crippen LogP contribution in [0.3, 0.4) is 0 Å². The number of nitrogens with zero attached hydrogens (tertiary/aromatic N) is 1. The third kappa shape index (κ3) is 5.97. The van der Waals surface area contributed by atoms with E-state index in [9.17, 15) is 14.4 Å². The Bertz CT molecular complexity index is 912. The van der Waals surface area contributed by atoms with Crippen LogP contribution in [0.2, 0.25) is 5.02 Å². The number of amides is 3. The van der Waals surface area contributed by atoms with Crippen LogP contribution in [0.15, 0.2) is 48.5 Å². The molecule has 8 heteroatoms. The van der Waals surface area contributed by atoms with E-state index in [0.717, 1.165) is 11.3 Å². The van der Waals surface area contributed by atoms with Gasteiger partial charge in [0.2, 0.25) is 0 Å². The molecular formula is C22H24ClN3O4. The first-order valence-electron chi connectivity index (χ1n) is 9.76. The highest BCUT2D eigenvalue weighted by atomic mass is 35.5. The van der Waals surface area contributed by atoms with Gasteiger partial charge in [-0.3, -0.25) is 9.59 Å². The molecule has 0 saturated carbocycles. The van der Waals surface area contributed by atoms with Gasteiger partial charge in [-0.2, -0.15) is 0 Å². The van der Waals surface area contributed by atoms with Crippen molar-refractivity contribution in [3.8, 4) is 0 Å². The minimum absolute atomic E-state index is 0.192. The number of carbonyl (C=O) groups excluding carboxylic acids is 3. The average Bonchev–Trinajstić information content (AvgIpc) is 2.75. The zero-order valence-electron chi connectivity index (χ0n) is 16.7. The maximum atomic E-state index is 12.3. The van der Waals surface area contributed by atoms with Crippen LogP contribution in [0, 0.1) is 12.8 Å². The van der Waals surface area contributed by atoms with Gasteiger partial charge >= 0.3 is 12.0 Å². The summed E-state index contributed by atoms with van der Waals surface area (Å²) in [6, 6.07) is 14.3. The highest BCUT2D eigenvalue weighted by Crippen LogP contribution is 2.23. The summed E-state index contributed by atoms with van der Waals surface area (Å²) in [7, 11) is 0. The molecule has 7 nitrogen and oxygen atoms in total. The summed E-state index contributed by atoms with van der Waals surface area (Å²) in [6.07, 6.45) is 0.985. The van der Waals surface area contributed by atoms with Gasteiger partial charge in [0, 0.05) is 18.8 Å². The molecule has 0 unspecified atom stereocenters. The number of carbonyl (C=O) groups is 3. The minimum atomic E-state index is -0.450. The molecule has 1 heterocycles. The number of nitrogens with one attached hydrogen (secondary N) is 2. The lowest BCUT2D eigenvalue weighted by atomic mass is 9.97. The first-order chi connectivity index (χ1) is 14.4. The molecule has 1 fully saturated rings. The molecule has 0 aliphatic carbocycles. The number of halogens is 1. The Morgan fingerprint density at radius 2 is 1.77 bits per heavy atom. The summed E-state index contributed by atoms with van der Waals surface area (Å²) in [4.78, 5) is 38.3. The molecule has 0 atom stereocenters. The van der Waals surface area contributed by atoms with E-state index < -0.39 is 11.9 Å². The Labute approximate surface area is 180 Å². The second-order valence-electron chi connectivity index (χ2n) is 7.20. The van der Waals surface area contributed by atoms with Gasteiger partial charge in [-0.05, 0) is 49.6 Å². The van der Waals surface area contributed by atoms with Gasteiger partial charge in [0.1, 0.15) is 0 Å². The van der Waals surface area contributed by atoms with E-state index in [-0.39, 0.29) is 18.6 Å². The van der Waals surface area contributed by atoms with Crippen LogP contribution in [0.5, 0.6) is 0 Å². The van der Waals surface area contributed by atoms with E-state index >= 15 is 0 Å². The number of anilines is 2. The molecule has 158 valence electrons. The van der Waals surface area contributed by atoms with E-state index in [1.165, 1.54) is 0 Å². The summed E-state index contributed by atoms with van der Waals surface area (Å²) < 4.78 is 5.16. The van der Waals surface area contributed by atoms with Gasteiger partial charge in [-0.1, -0.05) is 35.9 Å². The van der Waals surface area contributed by atoms with E-state index in [1.54, 1.807) is 17.0 Å². The van der Waals surface area contributed by atoms with Crippen molar-refractivity contribution < 1.29 is 19.1 Å². The molecule has 30 heavy (non-hydrogen) atoms. The second kappa shape index (κ2) is 10.1. The molecule has 1 aliphatic rings. The number of aryl methyl sites for hydroxylation is 1. The standard InChI is InChI=1S/C22H24ClN3O4/c1-15-7-8-19(18(23)13-15)25-20(27)14-30-21(28)16-9-11-26(12-10-16)22(29)24-17-5-3-2-4-6-17/h2-8,13,16H,9-12,14H2,1H3,(H,24,29)(H,25,27). The van der Waals surface area contributed by atoms with Crippen molar-refractivity contribution >= 4 is 40.9 Å². The number of piperidine rings is 1. The van der Waals surface area contributed by atoms with E-state index in [0.29, 0.717) is 36.6 Å². The van der Waals surface area contributed by atoms with Gasteiger partial charge in [-0.25, -0.2) is 4.79 Å². The Morgan fingerprint density at radius 1 is 1.07 bits per heavy atom. The number of rotatable bonds is 5. The lowest BCUT2D eigenvalue weighted by Crippen LogP contribution is -2.43. The van der Waals surface area contributed by atoms with Crippen LogP contribution in [-0.2, 0) is 14.3 Å². The maximum absolute atomic E-state index is 12.3. The largest absolute Gasteiger partial charge is 0.455 e. The molecule has 2 aromatic carbocycles. The zero-order valence-corrected chi connectivity index (χ0v) is 17.4. The molecule has 3 amide bonds. The third-order valence-electron chi connectivity index (χ3n) is 4.88. The fourth-order valence-electron chi connectivity index (χ4n) is 3.20. The van der Waals surface area contributed by atoms with E-state index in [4.69, 9.17) is 16.3 Å². The Balaban J connectivity index is 1.40. The van der Waals surface area contributed by atoms with Crippen LogP contribution in [0.1, 0.15) is 18.4 Å². The van der Waals surface area contributed by atoms with Crippen LogP contribution in [0.25, 0.3) is 0 Å². The van der Waals surface area contributed by atoms with Gasteiger partial charge in [0.05, 0.1) is 16.6 Å². The molecule has 1 saturated heterocycles. The summed E-state index contributed by atoms with van der Waals surface area (Å²) in [5.74, 6) is -1.21. The smallest absolute Gasteiger partial charge is 0.321 e. The Hall–Kier alpha value is -3.06. The van der Waals surface area contributed by atoms with Gasteiger partial charge < -0.3 is 20.3 Å². The number of esters is 1. The predicted octanol–water partition coefficient (Wildman–Crippen LogP) is 4.07. The van der Waals surface area contributed by atoms with Crippen LogP contribution < -0.4 is 10.6 Å². The van der Waals surface area contributed by atoms with E-state index in [1.807, 2.05) is 43.3 Å². The summed E-state index contributed by atoms with van der Waals surface area (Å²) in [5.41, 5.74) is 2.18. The highest BCUT2D eigenvalue weighted by molar-refractivity contribution is 6.33. The molecule has 2 N–H and O–H groups in total. The summed E-state index contributed by atoms with van der Waals surface area (Å²) in [5, 5.41) is 5.89. The minimum Gasteiger partial charge on any atom is -0.455 e. The molecule has 0 aromatic heterocycles. The molecule has 2 aromatic rings. The van der Waals surface area contributed by atoms with Crippen molar-refractivity contribution in [1.29, 1.82) is 0 Å². The van der Waals surface area contributed by atoms with E-state index in [2.05, 4.69) is 10.6 Å². The van der Waals surface area contributed by atoms with Crippen LogP contribution >= 0.6 is 11.6 Å². The molecular weight excluding hydrogens is 406 g/mol. The first kappa shape index (κ1) is 21.6. The highest BCUT2D eigenvalue weighted by Gasteiger charge is 2.28. The number of ether oxygens (including phenoxy) is 1. The maximum Gasteiger partial charge on any atom is 0.321 e. The van der Waals surface area contributed by atoms with Crippen molar-refractivity contribution in [3.05, 3.63) is 59.1 Å². The number of hydrogen-bond donors (Lipinski definition) is 2. The number of benzene rings is 2. The molecule has 3 rings (SSSR count). The average molecular weight is 430 g/mol. The number of para-hydroxylation sites is 1. The van der Waals surface area contributed by atoms with Crippen LogP contribution in [-0.4, -0.2) is 42.5 Å². The quantitative estimate of drug-likeness (QED) is 0.701. The van der Waals surface area contributed by atoms with Gasteiger partial charge in [0.15, 0.2) is 6.61 Å². The second-order valence-corrected chi connectivity index (χ2v) is 7.60.